The number of nitrogens with zero attached hydrogens (tertiary/aromatic N) is 3. The van der Waals surface area contributed by atoms with Gasteiger partial charge in [-0.15, -0.1) is 0 Å². The number of nitrogens with one attached hydrogen (secondary N) is 2. The van der Waals surface area contributed by atoms with Gasteiger partial charge in [0.25, 0.3) is 5.56 Å². The number of aromatic nitrogens is 3. The Labute approximate surface area is 161 Å². The van der Waals surface area contributed by atoms with E-state index in [0.717, 1.165) is 25.7 Å². The molecule has 7 nitrogen and oxygen atoms in total. The fraction of sp³-hybridized carbons (Fsp3) is 0.350. The van der Waals surface area contributed by atoms with E-state index in [0.29, 0.717) is 28.0 Å². The maximum absolute atomic E-state index is 13.7. The minimum absolute atomic E-state index is 0.0725. The van der Waals surface area contributed by atoms with Gasteiger partial charge in [-0.2, -0.15) is 10.4 Å². The lowest BCUT2D eigenvalue weighted by Gasteiger charge is -2.27. The molecule has 0 saturated heterocycles. The number of fused-ring (bicyclic) bond motifs is 1. The van der Waals surface area contributed by atoms with Crippen molar-refractivity contribution in [3.8, 4) is 6.07 Å². The highest BCUT2D eigenvalue weighted by Crippen LogP contribution is 2.36. The summed E-state index contributed by atoms with van der Waals surface area (Å²) >= 11 is 0. The molecular weight excluding hydrogens is 359 g/mol. The number of H-pyrrole nitrogens is 1. The number of pyridine rings is 1. The summed E-state index contributed by atoms with van der Waals surface area (Å²) in [7, 11) is 0. The van der Waals surface area contributed by atoms with Crippen molar-refractivity contribution in [3.63, 3.8) is 0 Å². The molecule has 4 N–H and O–H groups in total. The van der Waals surface area contributed by atoms with Crippen molar-refractivity contribution >= 4 is 22.4 Å². The molecule has 0 spiro atoms. The van der Waals surface area contributed by atoms with E-state index in [-0.39, 0.29) is 29.9 Å². The molecule has 1 fully saturated rings. The molecule has 1 aromatic carbocycles. The van der Waals surface area contributed by atoms with Crippen molar-refractivity contribution in [1.29, 1.82) is 5.26 Å². The minimum Gasteiger partial charge on any atom is -0.338 e. The molecule has 3 aromatic rings. The normalized spacial score (nSPS) is 19.5. The lowest BCUT2D eigenvalue weighted by Crippen LogP contribution is -2.23. The van der Waals surface area contributed by atoms with Crippen LogP contribution >= 0.6 is 0 Å². The van der Waals surface area contributed by atoms with Gasteiger partial charge >= 0.3 is 0 Å². The molecule has 2 aromatic heterocycles. The maximum atomic E-state index is 13.7. The van der Waals surface area contributed by atoms with E-state index in [4.69, 9.17) is 5.73 Å². The van der Waals surface area contributed by atoms with E-state index in [2.05, 4.69) is 21.5 Å². The molecule has 8 heteroatoms. The Hall–Kier alpha value is -3.18. The summed E-state index contributed by atoms with van der Waals surface area (Å²) in [5.74, 6) is -0.132. The largest absolute Gasteiger partial charge is 0.338 e. The lowest BCUT2D eigenvalue weighted by atomic mass is 9.85. The molecule has 0 aliphatic heterocycles. The van der Waals surface area contributed by atoms with E-state index in [1.807, 2.05) is 0 Å². The van der Waals surface area contributed by atoms with Crippen LogP contribution in [0.5, 0.6) is 0 Å². The Morgan fingerprint density at radius 1 is 1.36 bits per heavy atom. The quantitative estimate of drug-likeness (QED) is 0.643. The summed E-state index contributed by atoms with van der Waals surface area (Å²) in [6.45, 7) is 0.0725. The summed E-state index contributed by atoms with van der Waals surface area (Å²) in [6, 6.07) is 8.63. The van der Waals surface area contributed by atoms with E-state index in [1.165, 1.54) is 6.07 Å². The van der Waals surface area contributed by atoms with Gasteiger partial charge in [-0.05, 0) is 37.1 Å². The van der Waals surface area contributed by atoms with Crippen molar-refractivity contribution in [2.75, 3.05) is 5.32 Å². The van der Waals surface area contributed by atoms with Crippen LogP contribution in [0.3, 0.4) is 0 Å². The molecule has 2 heterocycles. The van der Waals surface area contributed by atoms with Gasteiger partial charge in [0, 0.05) is 24.0 Å². The molecule has 1 saturated carbocycles. The van der Waals surface area contributed by atoms with Crippen molar-refractivity contribution in [2.45, 2.75) is 38.3 Å². The number of halogens is 1. The molecule has 1 aliphatic carbocycles. The summed E-state index contributed by atoms with van der Waals surface area (Å²) in [4.78, 5) is 15.2. The number of benzene rings is 1. The van der Waals surface area contributed by atoms with Crippen molar-refractivity contribution < 1.29 is 4.39 Å². The van der Waals surface area contributed by atoms with Crippen LogP contribution in [0, 0.1) is 23.1 Å². The van der Waals surface area contributed by atoms with E-state index in [1.54, 1.807) is 29.1 Å². The third-order valence-corrected chi connectivity index (χ3v) is 5.37. The topological polar surface area (TPSA) is 113 Å². The molecule has 1 aliphatic rings. The Morgan fingerprint density at radius 2 is 2.18 bits per heavy atom. The van der Waals surface area contributed by atoms with Crippen LogP contribution in [0.25, 0.3) is 10.9 Å². The predicted octanol–water partition coefficient (Wildman–Crippen LogP) is 3.32. The summed E-state index contributed by atoms with van der Waals surface area (Å²) in [6.07, 6.45) is 5.30. The summed E-state index contributed by atoms with van der Waals surface area (Å²) in [5, 5.41) is 17.8. The highest BCUT2D eigenvalue weighted by atomic mass is 19.1. The Kier molecular flexibility index (Phi) is 4.84. The minimum atomic E-state index is -0.375. The van der Waals surface area contributed by atoms with Gasteiger partial charge in [0.1, 0.15) is 11.2 Å². The monoisotopic (exact) mass is 380 g/mol. The first-order valence-electron chi connectivity index (χ1n) is 9.37. The van der Waals surface area contributed by atoms with Crippen LogP contribution in [0.4, 0.5) is 15.9 Å². The number of hydrogen-bond donors (Lipinski definition) is 3. The molecular formula is C20H21FN6O. The average molecular weight is 380 g/mol. The lowest BCUT2D eigenvalue weighted by molar-refractivity contribution is 0.277. The van der Waals surface area contributed by atoms with Gasteiger partial charge in [-0.25, -0.2) is 4.39 Å². The zero-order chi connectivity index (χ0) is 19.7. The number of hydrogen-bond acceptors (Lipinski definition) is 5. The average Bonchev–Trinajstić information content (AvgIpc) is 3.08. The van der Waals surface area contributed by atoms with Crippen LogP contribution in [-0.4, -0.2) is 14.8 Å². The Bertz CT molecular complexity index is 1110. The Morgan fingerprint density at radius 3 is 2.96 bits per heavy atom. The van der Waals surface area contributed by atoms with Crippen LogP contribution in [0.2, 0.25) is 0 Å². The van der Waals surface area contributed by atoms with Crippen molar-refractivity contribution in [2.24, 2.45) is 11.7 Å². The zero-order valence-electron chi connectivity index (χ0n) is 15.3. The molecule has 28 heavy (non-hydrogen) atoms. The second-order valence-corrected chi connectivity index (χ2v) is 7.08. The zero-order valence-corrected chi connectivity index (χ0v) is 15.3. The van der Waals surface area contributed by atoms with Gasteiger partial charge in [-0.1, -0.05) is 12.8 Å². The predicted molar refractivity (Wildman–Crippen MR) is 105 cm³/mol. The molecule has 0 amide bonds. The standard InChI is InChI=1S/C20H21FN6O/c21-15-6-5-14(9-13(15)11-23)25-19-18-17(7-8-24-20(18)28)27(26-19)16-4-2-1-3-12(16)10-22/h5-9,12,16H,1-4,11,23H2,(H,24,28)(H,25,26). The summed E-state index contributed by atoms with van der Waals surface area (Å²) in [5.41, 5.74) is 6.97. The highest BCUT2D eigenvalue weighted by molar-refractivity contribution is 5.91. The van der Waals surface area contributed by atoms with E-state index < -0.39 is 0 Å². The molecule has 2 unspecified atom stereocenters. The molecule has 0 bridgehead atoms. The molecule has 0 radical (unpaired) electrons. The van der Waals surface area contributed by atoms with Gasteiger partial charge in [0.2, 0.25) is 0 Å². The van der Waals surface area contributed by atoms with Crippen LogP contribution in [-0.2, 0) is 6.54 Å². The number of rotatable bonds is 4. The van der Waals surface area contributed by atoms with Crippen LogP contribution in [0.1, 0.15) is 37.3 Å². The highest BCUT2D eigenvalue weighted by Gasteiger charge is 2.29. The van der Waals surface area contributed by atoms with E-state index in [9.17, 15) is 14.4 Å². The first-order chi connectivity index (χ1) is 13.6. The molecule has 4 rings (SSSR count). The van der Waals surface area contributed by atoms with Crippen molar-refractivity contribution in [1.82, 2.24) is 14.8 Å². The number of anilines is 2. The molecule has 2 atom stereocenters. The fourth-order valence-electron chi connectivity index (χ4n) is 3.94. The number of aromatic amines is 1. The van der Waals surface area contributed by atoms with Crippen molar-refractivity contribution in [3.05, 3.63) is 52.2 Å². The first-order valence-corrected chi connectivity index (χ1v) is 9.37. The van der Waals surface area contributed by atoms with Gasteiger partial charge in [0.05, 0.1) is 23.5 Å². The second-order valence-electron chi connectivity index (χ2n) is 7.08. The SMILES string of the molecule is N#CC1CCCCC1n1nc(Nc2ccc(F)c(CN)c2)c2c(=O)[nH]ccc21. The third kappa shape index (κ3) is 3.14. The number of nitriles is 1. The maximum Gasteiger partial charge on any atom is 0.261 e. The molecule has 144 valence electrons. The van der Waals surface area contributed by atoms with Crippen LogP contribution < -0.4 is 16.6 Å². The van der Waals surface area contributed by atoms with Crippen LogP contribution in [0.15, 0.2) is 35.3 Å². The Balaban J connectivity index is 1.81. The van der Waals surface area contributed by atoms with Gasteiger partial charge < -0.3 is 16.0 Å². The number of nitrogens with two attached hydrogens (primary N) is 1. The first kappa shape index (κ1) is 18.2. The second kappa shape index (κ2) is 7.44. The fourth-order valence-corrected chi connectivity index (χ4v) is 3.94. The third-order valence-electron chi connectivity index (χ3n) is 5.37. The van der Waals surface area contributed by atoms with E-state index >= 15 is 0 Å². The van der Waals surface area contributed by atoms with Gasteiger partial charge in [0.15, 0.2) is 5.82 Å². The summed E-state index contributed by atoms with van der Waals surface area (Å²) < 4.78 is 15.5. The van der Waals surface area contributed by atoms with Gasteiger partial charge in [-0.3, -0.25) is 9.48 Å². The smallest absolute Gasteiger partial charge is 0.261 e.